The van der Waals surface area contributed by atoms with E-state index >= 15 is 0 Å². The van der Waals surface area contributed by atoms with Gasteiger partial charge >= 0.3 is 5.69 Å². The maximum Gasteiger partial charge on any atom is 0.350 e. The molecular weight excluding hydrogens is 232 g/mol. The molecule has 1 atom stereocenters. The maximum atomic E-state index is 12.0. The summed E-state index contributed by atoms with van der Waals surface area (Å²) in [7, 11) is 0. The normalized spacial score (nSPS) is 19.9. The Hall–Kier alpha value is -1.89. The first kappa shape index (κ1) is 11.2. The fourth-order valence-corrected chi connectivity index (χ4v) is 2.34. The van der Waals surface area contributed by atoms with Crippen molar-refractivity contribution < 1.29 is 0 Å². The first-order chi connectivity index (χ1) is 8.70. The molecule has 3 rings (SSSR count). The smallest absolute Gasteiger partial charge is 0.350 e. The Kier molecular flexibility index (Phi) is 2.55. The van der Waals surface area contributed by atoms with E-state index < -0.39 is 0 Å². The summed E-state index contributed by atoms with van der Waals surface area (Å²) in [5, 5.41) is 4.32. The topological polar surface area (TPSA) is 81.4 Å². The van der Waals surface area contributed by atoms with Crippen molar-refractivity contribution >= 4 is 11.5 Å². The summed E-state index contributed by atoms with van der Waals surface area (Å²) < 4.78 is 2.98. The highest BCUT2D eigenvalue weighted by molar-refractivity contribution is 5.63. The minimum absolute atomic E-state index is 0.125. The average Bonchev–Trinajstić information content (AvgIpc) is 2.94. The van der Waals surface area contributed by atoms with Crippen LogP contribution in [0, 0.1) is 0 Å². The summed E-state index contributed by atoms with van der Waals surface area (Å²) in [6.45, 7) is 4.08. The second kappa shape index (κ2) is 4.09. The molecule has 0 spiro atoms. The van der Waals surface area contributed by atoms with Crippen molar-refractivity contribution in [2.45, 2.75) is 25.9 Å². The van der Waals surface area contributed by atoms with Gasteiger partial charge in [0.15, 0.2) is 5.82 Å². The zero-order chi connectivity index (χ0) is 12.7. The summed E-state index contributed by atoms with van der Waals surface area (Å²) in [5.41, 5.74) is 6.39. The average molecular weight is 248 g/mol. The summed E-state index contributed by atoms with van der Waals surface area (Å²) in [5.74, 6) is 0.745. The molecule has 96 valence electrons. The van der Waals surface area contributed by atoms with Gasteiger partial charge in [0.2, 0.25) is 5.65 Å². The Bertz CT molecular complexity index is 630. The van der Waals surface area contributed by atoms with Gasteiger partial charge in [-0.1, -0.05) is 0 Å². The van der Waals surface area contributed by atoms with Gasteiger partial charge in [0.05, 0.1) is 0 Å². The Morgan fingerprint density at radius 2 is 2.39 bits per heavy atom. The molecule has 2 N–H and O–H groups in total. The van der Waals surface area contributed by atoms with Gasteiger partial charge in [-0.15, -0.1) is 5.10 Å². The summed E-state index contributed by atoms with van der Waals surface area (Å²) in [4.78, 5) is 18.4. The summed E-state index contributed by atoms with van der Waals surface area (Å²) >= 11 is 0. The molecule has 0 bridgehead atoms. The van der Waals surface area contributed by atoms with E-state index in [1.165, 1.54) is 9.08 Å². The molecule has 7 nitrogen and oxygen atoms in total. The third kappa shape index (κ3) is 1.59. The minimum atomic E-state index is -0.125. The predicted octanol–water partition coefficient (Wildman–Crippen LogP) is -0.552. The van der Waals surface area contributed by atoms with Crippen LogP contribution in [0.1, 0.15) is 13.3 Å². The van der Waals surface area contributed by atoms with Gasteiger partial charge in [-0.05, 0) is 13.3 Å². The second-order valence-corrected chi connectivity index (χ2v) is 4.54. The van der Waals surface area contributed by atoms with Crippen molar-refractivity contribution in [3.63, 3.8) is 0 Å². The maximum absolute atomic E-state index is 12.0. The molecule has 0 radical (unpaired) electrons. The molecule has 18 heavy (non-hydrogen) atoms. The first-order valence-corrected chi connectivity index (χ1v) is 6.15. The number of anilines is 1. The van der Waals surface area contributed by atoms with E-state index in [4.69, 9.17) is 5.73 Å². The molecular formula is C11H16N6O. The number of aromatic nitrogens is 4. The van der Waals surface area contributed by atoms with Gasteiger partial charge in [0.25, 0.3) is 0 Å². The summed E-state index contributed by atoms with van der Waals surface area (Å²) in [6, 6.07) is 0.173. The van der Waals surface area contributed by atoms with Crippen LogP contribution >= 0.6 is 0 Å². The highest BCUT2D eigenvalue weighted by atomic mass is 16.2. The molecule has 1 unspecified atom stereocenters. The van der Waals surface area contributed by atoms with Crippen LogP contribution in [0.25, 0.3) is 5.65 Å². The molecule has 0 aromatic carbocycles. The van der Waals surface area contributed by atoms with Crippen molar-refractivity contribution in [3.8, 4) is 0 Å². The summed E-state index contributed by atoms with van der Waals surface area (Å²) in [6.07, 6.45) is 4.23. The standard InChI is InChI=1S/C11H16N6O/c1-2-17-11(18)16-6-4-13-9(10(16)14-17)15-5-3-8(12)7-15/h4,6,8H,2-3,5,7,12H2,1H3. The number of aryl methyl sites for hydroxylation is 1. The van der Waals surface area contributed by atoms with E-state index in [1.54, 1.807) is 12.4 Å². The Labute approximate surface area is 104 Å². The van der Waals surface area contributed by atoms with E-state index in [-0.39, 0.29) is 11.7 Å². The van der Waals surface area contributed by atoms with Gasteiger partial charge in [-0.3, -0.25) is 0 Å². The van der Waals surface area contributed by atoms with Crippen molar-refractivity contribution in [2.75, 3.05) is 18.0 Å². The molecule has 2 aromatic rings. The van der Waals surface area contributed by atoms with Crippen LogP contribution in [0.2, 0.25) is 0 Å². The quantitative estimate of drug-likeness (QED) is 0.771. The van der Waals surface area contributed by atoms with Gasteiger partial charge < -0.3 is 10.6 Å². The molecule has 3 heterocycles. The lowest BCUT2D eigenvalue weighted by Crippen LogP contribution is -2.27. The van der Waals surface area contributed by atoms with Gasteiger partial charge in [-0.2, -0.15) is 0 Å². The fraction of sp³-hybridized carbons (Fsp3) is 0.545. The lowest BCUT2D eigenvalue weighted by atomic mass is 10.3. The zero-order valence-electron chi connectivity index (χ0n) is 10.3. The van der Waals surface area contributed by atoms with Gasteiger partial charge in [0, 0.05) is 38.1 Å². The van der Waals surface area contributed by atoms with Gasteiger partial charge in [0.1, 0.15) is 0 Å². The second-order valence-electron chi connectivity index (χ2n) is 4.54. The number of fused-ring (bicyclic) bond motifs is 1. The number of hydrogen-bond donors (Lipinski definition) is 1. The van der Waals surface area contributed by atoms with Crippen LogP contribution in [0.3, 0.4) is 0 Å². The highest BCUT2D eigenvalue weighted by Gasteiger charge is 2.23. The van der Waals surface area contributed by atoms with E-state index in [9.17, 15) is 4.79 Å². The van der Waals surface area contributed by atoms with E-state index in [1.807, 2.05) is 6.92 Å². The van der Waals surface area contributed by atoms with Crippen molar-refractivity contribution in [3.05, 3.63) is 22.9 Å². The van der Waals surface area contributed by atoms with E-state index in [0.29, 0.717) is 12.2 Å². The SMILES string of the molecule is CCn1nc2c(N3CCC(N)C3)nccn2c1=O. The largest absolute Gasteiger partial charge is 0.352 e. The molecule has 0 amide bonds. The number of nitrogens with zero attached hydrogens (tertiary/aromatic N) is 5. The third-order valence-corrected chi connectivity index (χ3v) is 3.31. The van der Waals surface area contributed by atoms with Crippen LogP contribution in [-0.4, -0.2) is 38.3 Å². The van der Waals surface area contributed by atoms with Crippen LogP contribution in [0.4, 0.5) is 5.82 Å². The molecule has 1 aliphatic heterocycles. The van der Waals surface area contributed by atoms with Crippen LogP contribution < -0.4 is 16.3 Å². The molecule has 1 saturated heterocycles. The molecule has 1 fully saturated rings. The van der Waals surface area contributed by atoms with Crippen molar-refractivity contribution in [1.29, 1.82) is 0 Å². The third-order valence-electron chi connectivity index (χ3n) is 3.31. The van der Waals surface area contributed by atoms with Crippen molar-refractivity contribution in [2.24, 2.45) is 5.73 Å². The monoisotopic (exact) mass is 248 g/mol. The van der Waals surface area contributed by atoms with Gasteiger partial charge in [-0.25, -0.2) is 18.9 Å². The molecule has 1 aliphatic rings. The number of rotatable bonds is 2. The van der Waals surface area contributed by atoms with E-state index in [2.05, 4.69) is 15.0 Å². The molecule has 0 aliphatic carbocycles. The predicted molar refractivity (Wildman–Crippen MR) is 67.7 cm³/mol. The molecule has 2 aromatic heterocycles. The zero-order valence-corrected chi connectivity index (χ0v) is 10.3. The fourth-order valence-electron chi connectivity index (χ4n) is 2.34. The Balaban J connectivity index is 2.15. The van der Waals surface area contributed by atoms with Crippen LogP contribution in [0.15, 0.2) is 17.2 Å². The molecule has 0 saturated carbocycles. The lowest BCUT2D eigenvalue weighted by molar-refractivity contribution is 0.633. The van der Waals surface area contributed by atoms with E-state index in [0.717, 1.165) is 25.3 Å². The number of nitrogens with two attached hydrogens (primary N) is 1. The minimum Gasteiger partial charge on any atom is -0.352 e. The Morgan fingerprint density at radius 1 is 1.56 bits per heavy atom. The Morgan fingerprint density at radius 3 is 3.06 bits per heavy atom. The first-order valence-electron chi connectivity index (χ1n) is 6.15. The van der Waals surface area contributed by atoms with Crippen LogP contribution in [-0.2, 0) is 6.54 Å². The van der Waals surface area contributed by atoms with Crippen LogP contribution in [0.5, 0.6) is 0 Å². The van der Waals surface area contributed by atoms with Crippen molar-refractivity contribution in [1.82, 2.24) is 19.2 Å². The lowest BCUT2D eigenvalue weighted by Gasteiger charge is -2.16. The number of hydrogen-bond acceptors (Lipinski definition) is 5. The highest BCUT2D eigenvalue weighted by Crippen LogP contribution is 2.20. The molecule has 7 heteroatoms.